The number of nitrogens with one attached hydrogen (secondary N) is 1. The summed E-state index contributed by atoms with van der Waals surface area (Å²) in [6.07, 6.45) is 2.31. The lowest BCUT2D eigenvalue weighted by Gasteiger charge is -2.46. The van der Waals surface area contributed by atoms with Crippen LogP contribution in [0, 0.1) is 5.41 Å². The van der Waals surface area contributed by atoms with E-state index in [0.29, 0.717) is 19.6 Å². The number of hydrogen-bond acceptors (Lipinski definition) is 9. The lowest BCUT2D eigenvalue weighted by molar-refractivity contribution is -0.159. The Labute approximate surface area is 278 Å². The second-order valence-electron chi connectivity index (χ2n) is 16.1. The number of nitrogens with zero attached hydrogens (tertiary/aromatic N) is 3. The van der Waals surface area contributed by atoms with Crippen molar-refractivity contribution < 1.29 is 28.6 Å². The number of carbonyl (C=O) groups is 3. The van der Waals surface area contributed by atoms with Gasteiger partial charge in [0.1, 0.15) is 17.8 Å². The lowest BCUT2D eigenvalue weighted by atomic mass is 9.81. The highest BCUT2D eigenvalue weighted by Gasteiger charge is 2.42. The highest BCUT2D eigenvalue weighted by Crippen LogP contribution is 2.32. The minimum atomic E-state index is -0.568. The fourth-order valence-electron chi connectivity index (χ4n) is 5.94. The number of esters is 2. The molecular formula is C36H62N4O6. The summed E-state index contributed by atoms with van der Waals surface area (Å²) in [6, 6.07) is 9.88. The number of ether oxygens (including phenoxy) is 3. The molecule has 2 unspecified atom stereocenters. The number of carbonyl (C=O) groups excluding carboxylic acids is 3. The van der Waals surface area contributed by atoms with Gasteiger partial charge in [0.2, 0.25) is 0 Å². The molecule has 1 aliphatic heterocycles. The van der Waals surface area contributed by atoms with Gasteiger partial charge in [-0.15, -0.1) is 0 Å². The van der Waals surface area contributed by atoms with E-state index in [9.17, 15) is 14.4 Å². The van der Waals surface area contributed by atoms with Gasteiger partial charge in [0.25, 0.3) is 0 Å². The van der Waals surface area contributed by atoms with Gasteiger partial charge in [-0.05, 0) is 79.3 Å². The molecule has 0 saturated carbocycles. The first-order chi connectivity index (χ1) is 21.2. The molecule has 10 heteroatoms. The van der Waals surface area contributed by atoms with Crippen molar-refractivity contribution in [1.29, 1.82) is 0 Å². The highest BCUT2D eigenvalue weighted by atomic mass is 16.6. The third-order valence-electron chi connectivity index (χ3n) is 8.12. The number of hydrogen-bond donors (Lipinski definition) is 1. The molecule has 2 atom stereocenters. The van der Waals surface area contributed by atoms with Gasteiger partial charge in [0.05, 0.1) is 13.1 Å². The molecule has 1 heterocycles. The van der Waals surface area contributed by atoms with Crippen LogP contribution in [0.15, 0.2) is 30.3 Å². The normalized spacial score (nSPS) is 19.3. The largest absolute Gasteiger partial charge is 0.459 e. The van der Waals surface area contributed by atoms with Crippen molar-refractivity contribution >= 4 is 18.0 Å². The van der Waals surface area contributed by atoms with E-state index in [1.807, 2.05) is 78.9 Å². The quantitative estimate of drug-likeness (QED) is 0.169. The highest BCUT2D eigenvalue weighted by molar-refractivity contribution is 5.72. The van der Waals surface area contributed by atoms with Gasteiger partial charge in [-0.25, -0.2) is 4.79 Å². The minimum Gasteiger partial charge on any atom is -0.459 e. The fraction of sp³-hybridized carbons (Fsp3) is 0.750. The second-order valence-corrected chi connectivity index (χ2v) is 16.1. The molecule has 1 N–H and O–H groups in total. The summed E-state index contributed by atoms with van der Waals surface area (Å²) in [6.45, 7) is 24.2. The SMILES string of the molecule is CN(CC(=O)OC(C)(C)C)C1(C)CN(CC(=O)OC(C)(C)C)CCN(C(CCCCNC(=O)OCc2ccccc2)C(C)(C)C)C1. The van der Waals surface area contributed by atoms with Crippen molar-refractivity contribution in [2.45, 2.75) is 118 Å². The van der Waals surface area contributed by atoms with Crippen LogP contribution in [-0.2, 0) is 30.4 Å². The van der Waals surface area contributed by atoms with E-state index < -0.39 is 22.8 Å². The van der Waals surface area contributed by atoms with E-state index in [4.69, 9.17) is 14.2 Å². The minimum absolute atomic E-state index is 0.0208. The van der Waals surface area contributed by atoms with E-state index in [0.717, 1.165) is 37.9 Å². The molecule has 0 radical (unpaired) electrons. The number of rotatable bonds is 13. The number of amides is 1. The van der Waals surface area contributed by atoms with Crippen molar-refractivity contribution in [2.75, 3.05) is 52.9 Å². The summed E-state index contributed by atoms with van der Waals surface area (Å²) in [5.74, 6) is -0.520. The zero-order valence-corrected chi connectivity index (χ0v) is 30.5. The van der Waals surface area contributed by atoms with Crippen LogP contribution in [0.25, 0.3) is 0 Å². The monoisotopic (exact) mass is 646 g/mol. The van der Waals surface area contributed by atoms with Crippen LogP contribution in [0.1, 0.15) is 94.1 Å². The van der Waals surface area contributed by atoms with E-state index in [1.165, 1.54) is 0 Å². The Kier molecular flexibility index (Phi) is 14.5. The summed E-state index contributed by atoms with van der Waals surface area (Å²) in [5.41, 5.74) is -0.634. The van der Waals surface area contributed by atoms with Crippen LogP contribution in [0.2, 0.25) is 0 Å². The first kappa shape index (κ1) is 39.5. The smallest absolute Gasteiger partial charge is 0.407 e. The van der Waals surface area contributed by atoms with Crippen LogP contribution >= 0.6 is 0 Å². The Hall–Kier alpha value is -2.69. The summed E-state index contributed by atoms with van der Waals surface area (Å²) >= 11 is 0. The molecule has 1 fully saturated rings. The fourth-order valence-corrected chi connectivity index (χ4v) is 5.94. The van der Waals surface area contributed by atoms with Crippen LogP contribution < -0.4 is 5.32 Å². The van der Waals surface area contributed by atoms with E-state index in [2.05, 4.69) is 47.7 Å². The van der Waals surface area contributed by atoms with Crippen molar-refractivity contribution in [3.63, 3.8) is 0 Å². The van der Waals surface area contributed by atoms with Crippen molar-refractivity contribution in [3.8, 4) is 0 Å². The molecule has 10 nitrogen and oxygen atoms in total. The molecule has 0 aliphatic carbocycles. The standard InChI is InChI=1S/C36H62N4O6/c1-33(2,3)29(19-15-16-20-37-32(43)44-25-28-17-13-12-14-18-28)40-22-21-39(24-31(42)46-35(7,8)9)26-36(10,27-40)38(11)23-30(41)45-34(4,5)6/h12-14,17-18,29H,15-16,19-27H2,1-11H3,(H,37,43). The second kappa shape index (κ2) is 16.9. The van der Waals surface area contributed by atoms with Gasteiger partial charge in [-0.3, -0.25) is 24.3 Å². The molecule has 1 saturated heterocycles. The van der Waals surface area contributed by atoms with Crippen LogP contribution in [0.5, 0.6) is 0 Å². The zero-order valence-electron chi connectivity index (χ0n) is 30.5. The molecule has 1 amide bonds. The van der Waals surface area contributed by atoms with Gasteiger partial charge in [-0.1, -0.05) is 57.5 Å². The molecule has 2 rings (SSSR count). The number of benzene rings is 1. The van der Waals surface area contributed by atoms with Gasteiger partial charge in [-0.2, -0.15) is 0 Å². The van der Waals surface area contributed by atoms with E-state index >= 15 is 0 Å². The molecule has 46 heavy (non-hydrogen) atoms. The molecular weight excluding hydrogens is 584 g/mol. The number of alkyl carbamates (subject to hydrolysis) is 1. The Balaban J connectivity index is 2.11. The summed E-state index contributed by atoms with van der Waals surface area (Å²) in [7, 11) is 1.97. The average Bonchev–Trinajstić information content (AvgIpc) is 3.06. The van der Waals surface area contributed by atoms with E-state index in [1.54, 1.807) is 0 Å². The van der Waals surface area contributed by atoms with Crippen molar-refractivity contribution in [3.05, 3.63) is 35.9 Å². The number of unbranched alkanes of at least 4 members (excludes halogenated alkanes) is 1. The summed E-state index contributed by atoms with van der Waals surface area (Å²) in [5, 5.41) is 2.88. The molecule has 262 valence electrons. The molecule has 0 bridgehead atoms. The molecule has 0 spiro atoms. The zero-order chi connectivity index (χ0) is 34.8. The van der Waals surface area contributed by atoms with Crippen LogP contribution in [0.4, 0.5) is 4.79 Å². The van der Waals surface area contributed by atoms with Crippen LogP contribution in [-0.4, -0.2) is 108 Å². The lowest BCUT2D eigenvalue weighted by Crippen LogP contribution is -2.59. The topological polar surface area (TPSA) is 101 Å². The maximum absolute atomic E-state index is 12.9. The third-order valence-corrected chi connectivity index (χ3v) is 8.12. The van der Waals surface area contributed by atoms with Crippen molar-refractivity contribution in [2.24, 2.45) is 5.41 Å². The first-order valence-corrected chi connectivity index (χ1v) is 16.7. The van der Waals surface area contributed by atoms with Crippen LogP contribution in [0.3, 0.4) is 0 Å². The van der Waals surface area contributed by atoms with Gasteiger partial charge in [0, 0.05) is 44.3 Å². The Morgan fingerprint density at radius 2 is 1.50 bits per heavy atom. The molecule has 1 aromatic carbocycles. The summed E-state index contributed by atoms with van der Waals surface area (Å²) in [4.78, 5) is 44.8. The molecule has 1 aliphatic rings. The van der Waals surface area contributed by atoms with Crippen molar-refractivity contribution in [1.82, 2.24) is 20.0 Å². The predicted octanol–water partition coefficient (Wildman–Crippen LogP) is 5.49. The Bertz CT molecular complexity index is 1110. The van der Waals surface area contributed by atoms with E-state index in [-0.39, 0.29) is 43.1 Å². The maximum atomic E-state index is 12.9. The average molecular weight is 647 g/mol. The van der Waals surface area contributed by atoms with Gasteiger partial charge >= 0.3 is 18.0 Å². The summed E-state index contributed by atoms with van der Waals surface area (Å²) < 4.78 is 16.7. The third kappa shape index (κ3) is 14.8. The molecule has 0 aromatic heterocycles. The first-order valence-electron chi connectivity index (χ1n) is 16.7. The van der Waals surface area contributed by atoms with Gasteiger partial charge in [0.15, 0.2) is 0 Å². The molecule has 1 aromatic rings. The predicted molar refractivity (Wildman–Crippen MR) is 182 cm³/mol. The van der Waals surface area contributed by atoms with Gasteiger partial charge < -0.3 is 19.5 Å². The number of likely N-dealkylation sites (N-methyl/N-ethyl adjacent to an activating group) is 1. The Morgan fingerprint density at radius 1 is 0.891 bits per heavy atom. The Morgan fingerprint density at radius 3 is 2.09 bits per heavy atom. The maximum Gasteiger partial charge on any atom is 0.407 e.